The first-order chi connectivity index (χ1) is 8.15. The smallest absolute Gasteiger partial charge is 0.365 e. The van der Waals surface area contributed by atoms with Crippen LogP contribution in [0, 0.1) is 6.92 Å². The van der Waals surface area contributed by atoms with Crippen molar-refractivity contribution < 1.29 is 14.6 Å². The Labute approximate surface area is 103 Å². The summed E-state index contributed by atoms with van der Waals surface area (Å²) in [5, 5.41) is 8.82. The second-order valence-corrected chi connectivity index (χ2v) is 4.66. The fourth-order valence-electron chi connectivity index (χ4n) is 1.33. The second-order valence-electron chi connectivity index (χ2n) is 3.54. The molecular formula is C12H11NO3S. The van der Waals surface area contributed by atoms with E-state index in [9.17, 15) is 4.79 Å². The molecule has 0 spiro atoms. The summed E-state index contributed by atoms with van der Waals surface area (Å²) in [7, 11) is 0. The van der Waals surface area contributed by atoms with Gasteiger partial charge in [-0.15, -0.1) is 11.3 Å². The molecule has 0 unspecified atom stereocenters. The molecule has 0 aliphatic heterocycles. The van der Waals surface area contributed by atoms with Crippen molar-refractivity contribution in [2.75, 3.05) is 0 Å². The van der Waals surface area contributed by atoms with Crippen LogP contribution >= 0.6 is 11.3 Å². The number of thiazole rings is 1. The minimum atomic E-state index is -1.00. The zero-order chi connectivity index (χ0) is 12.3. The van der Waals surface area contributed by atoms with Gasteiger partial charge in [0, 0.05) is 6.20 Å². The Morgan fingerprint density at radius 3 is 3.00 bits per heavy atom. The molecule has 4 nitrogen and oxygen atoms in total. The quantitative estimate of drug-likeness (QED) is 0.905. The largest absolute Gasteiger partial charge is 0.488 e. The maximum absolute atomic E-state index is 10.6. The van der Waals surface area contributed by atoms with Crippen molar-refractivity contribution in [1.29, 1.82) is 0 Å². The van der Waals surface area contributed by atoms with Gasteiger partial charge in [-0.1, -0.05) is 12.1 Å². The van der Waals surface area contributed by atoms with Gasteiger partial charge in [0.2, 0.25) is 5.01 Å². The molecule has 0 bridgehead atoms. The van der Waals surface area contributed by atoms with E-state index in [0.29, 0.717) is 6.61 Å². The fraction of sp³-hybridized carbons (Fsp3) is 0.167. The van der Waals surface area contributed by atoms with E-state index in [4.69, 9.17) is 9.84 Å². The number of aromatic nitrogens is 1. The van der Waals surface area contributed by atoms with Crippen LogP contribution in [0.4, 0.5) is 0 Å². The lowest BCUT2D eigenvalue weighted by molar-refractivity contribution is 0.0696. The highest BCUT2D eigenvalue weighted by Crippen LogP contribution is 2.18. The summed E-state index contributed by atoms with van der Waals surface area (Å²) in [4.78, 5) is 15.2. The first kappa shape index (κ1) is 11.6. The highest BCUT2D eigenvalue weighted by molar-refractivity contribution is 7.13. The van der Waals surface area contributed by atoms with Crippen molar-refractivity contribution >= 4 is 17.3 Å². The molecule has 0 fully saturated rings. The summed E-state index contributed by atoms with van der Waals surface area (Å²) in [6.07, 6.45) is 1.53. The van der Waals surface area contributed by atoms with Gasteiger partial charge in [0.05, 0.1) is 4.88 Å². The first-order valence-electron chi connectivity index (χ1n) is 5.02. The summed E-state index contributed by atoms with van der Waals surface area (Å²) in [5.41, 5.74) is 1.12. The van der Waals surface area contributed by atoms with E-state index < -0.39 is 5.97 Å². The van der Waals surface area contributed by atoms with Crippen molar-refractivity contribution in [2.45, 2.75) is 13.5 Å². The molecular weight excluding hydrogens is 238 g/mol. The lowest BCUT2D eigenvalue weighted by atomic mass is 10.2. The molecule has 0 atom stereocenters. The molecule has 2 rings (SSSR count). The van der Waals surface area contributed by atoms with Gasteiger partial charge in [-0.3, -0.25) is 0 Å². The Morgan fingerprint density at radius 2 is 2.35 bits per heavy atom. The minimum absolute atomic E-state index is 0.0906. The summed E-state index contributed by atoms with van der Waals surface area (Å²) in [5.74, 6) is -0.230. The van der Waals surface area contributed by atoms with Crippen molar-refractivity contribution in [2.24, 2.45) is 0 Å². The van der Waals surface area contributed by atoms with Crippen molar-refractivity contribution in [3.8, 4) is 5.75 Å². The Bertz CT molecular complexity index is 536. The predicted octanol–water partition coefficient (Wildman–Crippen LogP) is 2.73. The Hall–Kier alpha value is -1.88. The van der Waals surface area contributed by atoms with Crippen LogP contribution in [-0.4, -0.2) is 16.1 Å². The molecule has 0 saturated heterocycles. The molecule has 0 aliphatic rings. The molecule has 5 heteroatoms. The molecule has 0 radical (unpaired) electrons. The van der Waals surface area contributed by atoms with E-state index >= 15 is 0 Å². The van der Waals surface area contributed by atoms with Crippen molar-refractivity contribution in [1.82, 2.24) is 4.98 Å². The zero-order valence-electron chi connectivity index (χ0n) is 9.21. The van der Waals surface area contributed by atoms with Gasteiger partial charge in [-0.25, -0.2) is 9.78 Å². The van der Waals surface area contributed by atoms with E-state index in [2.05, 4.69) is 4.98 Å². The summed E-state index contributed by atoms with van der Waals surface area (Å²) >= 11 is 1.13. The zero-order valence-corrected chi connectivity index (χ0v) is 10.0. The molecule has 1 N–H and O–H groups in total. The highest BCUT2D eigenvalue weighted by atomic mass is 32.1. The molecule has 1 aromatic carbocycles. The number of aromatic carboxylic acids is 1. The van der Waals surface area contributed by atoms with Gasteiger partial charge in [0.1, 0.15) is 12.4 Å². The van der Waals surface area contributed by atoms with Gasteiger partial charge >= 0.3 is 5.97 Å². The molecule has 88 valence electrons. The van der Waals surface area contributed by atoms with Crippen molar-refractivity contribution in [3.63, 3.8) is 0 Å². The van der Waals surface area contributed by atoms with Gasteiger partial charge in [-0.05, 0) is 24.6 Å². The van der Waals surface area contributed by atoms with Crippen LogP contribution in [0.15, 0.2) is 30.5 Å². The lowest BCUT2D eigenvalue weighted by Gasteiger charge is -2.04. The average Bonchev–Trinajstić information content (AvgIpc) is 2.75. The Balaban J connectivity index is 2.00. The SMILES string of the molecule is Cc1cccc(OCc2cnc(C(=O)O)s2)c1. The van der Waals surface area contributed by atoms with Gasteiger partial charge in [0.15, 0.2) is 0 Å². The third-order valence-corrected chi connectivity index (χ3v) is 3.07. The summed E-state index contributed by atoms with van der Waals surface area (Å²) in [6, 6.07) is 7.70. The number of aryl methyl sites for hydroxylation is 1. The number of hydrogen-bond acceptors (Lipinski definition) is 4. The maximum atomic E-state index is 10.6. The topological polar surface area (TPSA) is 59.4 Å². The molecule has 0 saturated carbocycles. The van der Waals surface area contributed by atoms with E-state index in [-0.39, 0.29) is 5.01 Å². The number of hydrogen-bond donors (Lipinski definition) is 1. The number of rotatable bonds is 4. The molecule has 0 aliphatic carbocycles. The van der Waals surface area contributed by atoms with Crippen LogP contribution in [0.5, 0.6) is 5.75 Å². The first-order valence-corrected chi connectivity index (χ1v) is 5.84. The summed E-state index contributed by atoms with van der Waals surface area (Å²) < 4.78 is 5.54. The van der Waals surface area contributed by atoms with E-state index in [1.807, 2.05) is 31.2 Å². The molecule has 0 amide bonds. The maximum Gasteiger partial charge on any atom is 0.365 e. The standard InChI is InChI=1S/C12H11NO3S/c1-8-3-2-4-9(5-8)16-7-10-6-13-11(17-10)12(14)15/h2-6H,7H2,1H3,(H,14,15). The molecule has 17 heavy (non-hydrogen) atoms. The second kappa shape index (κ2) is 4.97. The van der Waals surface area contributed by atoms with Crippen LogP contribution in [-0.2, 0) is 6.61 Å². The molecule has 2 aromatic rings. The van der Waals surface area contributed by atoms with Crippen molar-refractivity contribution in [3.05, 3.63) is 45.9 Å². The van der Waals surface area contributed by atoms with Crippen LogP contribution < -0.4 is 4.74 Å². The lowest BCUT2D eigenvalue weighted by Crippen LogP contribution is -1.93. The molecule has 1 aromatic heterocycles. The van der Waals surface area contributed by atoms with E-state index in [0.717, 1.165) is 27.5 Å². The monoisotopic (exact) mass is 249 g/mol. The highest BCUT2D eigenvalue weighted by Gasteiger charge is 2.09. The number of ether oxygens (including phenoxy) is 1. The van der Waals surface area contributed by atoms with Crippen LogP contribution in [0.2, 0.25) is 0 Å². The summed E-state index contributed by atoms with van der Waals surface area (Å²) in [6.45, 7) is 2.33. The predicted molar refractivity (Wildman–Crippen MR) is 64.6 cm³/mol. The van der Waals surface area contributed by atoms with Crippen LogP contribution in [0.1, 0.15) is 20.2 Å². The number of nitrogens with zero attached hydrogens (tertiary/aromatic N) is 1. The van der Waals surface area contributed by atoms with Gasteiger partial charge in [-0.2, -0.15) is 0 Å². The third kappa shape index (κ3) is 3.04. The fourth-order valence-corrected chi connectivity index (χ4v) is 2.00. The number of carboxylic acid groups (broad SMARTS) is 1. The van der Waals surface area contributed by atoms with E-state index in [1.54, 1.807) is 0 Å². The minimum Gasteiger partial charge on any atom is -0.488 e. The average molecular weight is 249 g/mol. The van der Waals surface area contributed by atoms with Crippen LogP contribution in [0.25, 0.3) is 0 Å². The Morgan fingerprint density at radius 1 is 1.53 bits per heavy atom. The van der Waals surface area contributed by atoms with E-state index in [1.165, 1.54) is 6.20 Å². The third-order valence-electron chi connectivity index (χ3n) is 2.11. The van der Waals surface area contributed by atoms with Crippen LogP contribution in [0.3, 0.4) is 0 Å². The number of carbonyl (C=O) groups is 1. The molecule has 1 heterocycles. The normalized spacial score (nSPS) is 10.2. The Kier molecular flexibility index (Phi) is 3.39. The number of benzene rings is 1. The van der Waals surface area contributed by atoms with Gasteiger partial charge < -0.3 is 9.84 Å². The number of carboxylic acids is 1. The van der Waals surface area contributed by atoms with Gasteiger partial charge in [0.25, 0.3) is 0 Å².